The average molecular weight is 439 g/mol. The summed E-state index contributed by atoms with van der Waals surface area (Å²) in [5.41, 5.74) is 2.20. The lowest BCUT2D eigenvalue weighted by Crippen LogP contribution is -2.39. The van der Waals surface area contributed by atoms with E-state index in [0.717, 1.165) is 0 Å². The van der Waals surface area contributed by atoms with E-state index in [-0.39, 0.29) is 18.4 Å². The summed E-state index contributed by atoms with van der Waals surface area (Å²) in [6, 6.07) is 17.2. The monoisotopic (exact) mass is 438 g/mol. The molecule has 5 nitrogen and oxygen atoms in total. The van der Waals surface area contributed by atoms with Gasteiger partial charge in [-0.25, -0.2) is 4.39 Å². The van der Waals surface area contributed by atoms with Gasteiger partial charge in [-0.15, -0.1) is 0 Å². The van der Waals surface area contributed by atoms with E-state index in [2.05, 4.69) is 5.32 Å². The molecule has 3 aromatic carbocycles. The van der Waals surface area contributed by atoms with E-state index in [0.29, 0.717) is 39.8 Å². The van der Waals surface area contributed by atoms with Gasteiger partial charge in [0.1, 0.15) is 18.1 Å². The maximum atomic E-state index is 13.7. The molecular weight excluding hydrogens is 419 g/mol. The first-order valence-corrected chi connectivity index (χ1v) is 10.2. The molecule has 0 unspecified atom stereocenters. The second-order valence-electron chi connectivity index (χ2n) is 7.10. The molecule has 0 saturated carbocycles. The van der Waals surface area contributed by atoms with Crippen molar-refractivity contribution < 1.29 is 18.7 Å². The largest absolute Gasteiger partial charge is 0.493 e. The number of ether oxygens (including phenoxy) is 1. The van der Waals surface area contributed by atoms with Crippen LogP contribution in [0.4, 0.5) is 10.1 Å². The average Bonchev–Trinajstić information content (AvgIpc) is 2.90. The topological polar surface area (TPSA) is 58.6 Å². The van der Waals surface area contributed by atoms with Gasteiger partial charge in [-0.1, -0.05) is 35.9 Å². The van der Waals surface area contributed by atoms with Crippen LogP contribution in [0.3, 0.4) is 0 Å². The quantitative estimate of drug-likeness (QED) is 0.619. The smallest absolute Gasteiger partial charge is 0.258 e. The van der Waals surface area contributed by atoms with E-state index in [1.54, 1.807) is 54.6 Å². The van der Waals surface area contributed by atoms with Crippen LogP contribution < -0.4 is 10.1 Å². The Morgan fingerprint density at radius 3 is 2.65 bits per heavy atom. The molecule has 3 aromatic rings. The van der Waals surface area contributed by atoms with Crippen molar-refractivity contribution in [3.63, 3.8) is 0 Å². The molecular formula is C24H20ClFN2O3. The lowest BCUT2D eigenvalue weighted by molar-refractivity contribution is -0.117. The normalized spacial score (nSPS) is 15.6. The molecule has 1 aliphatic rings. The predicted molar refractivity (Wildman–Crippen MR) is 117 cm³/mol. The Bertz CT molecular complexity index is 1130. The van der Waals surface area contributed by atoms with Crippen LogP contribution in [0.25, 0.3) is 0 Å². The first-order chi connectivity index (χ1) is 15.0. The van der Waals surface area contributed by atoms with Crippen LogP contribution in [-0.2, 0) is 4.79 Å². The van der Waals surface area contributed by atoms with Crippen molar-refractivity contribution in [1.82, 2.24) is 4.90 Å². The third-order valence-electron chi connectivity index (χ3n) is 5.07. The maximum absolute atomic E-state index is 13.7. The highest BCUT2D eigenvalue weighted by Gasteiger charge is 2.35. The van der Waals surface area contributed by atoms with Gasteiger partial charge in [-0.05, 0) is 55.0 Å². The number of hydrogen-bond acceptors (Lipinski definition) is 3. The van der Waals surface area contributed by atoms with Gasteiger partial charge in [-0.2, -0.15) is 0 Å². The molecule has 0 aromatic heterocycles. The van der Waals surface area contributed by atoms with E-state index in [1.807, 2.05) is 6.92 Å². The number of carbonyl (C=O) groups excluding carboxylic acids is 2. The molecule has 1 atom stereocenters. The van der Waals surface area contributed by atoms with E-state index < -0.39 is 11.9 Å². The Morgan fingerprint density at radius 1 is 1.16 bits per heavy atom. The fraction of sp³-hybridized carbons (Fsp3) is 0.167. The minimum Gasteiger partial charge on any atom is -0.493 e. The number of nitrogens with one attached hydrogen (secondary N) is 1. The number of halogens is 2. The summed E-state index contributed by atoms with van der Waals surface area (Å²) in [5.74, 6) is -0.668. The van der Waals surface area contributed by atoms with Crippen LogP contribution in [0.15, 0.2) is 66.7 Å². The number of anilines is 1. The Morgan fingerprint density at radius 2 is 1.90 bits per heavy atom. The molecule has 0 bridgehead atoms. The molecule has 2 amide bonds. The zero-order valence-electron chi connectivity index (χ0n) is 16.8. The highest BCUT2D eigenvalue weighted by molar-refractivity contribution is 6.30. The summed E-state index contributed by atoms with van der Waals surface area (Å²) in [6.07, 6.45) is 0. The molecule has 4 rings (SSSR count). The molecule has 31 heavy (non-hydrogen) atoms. The number of fused-ring (bicyclic) bond motifs is 1. The van der Waals surface area contributed by atoms with Crippen LogP contribution in [0, 0.1) is 5.82 Å². The van der Waals surface area contributed by atoms with Crippen molar-refractivity contribution in [2.75, 3.05) is 18.5 Å². The molecule has 158 valence electrons. The van der Waals surface area contributed by atoms with Crippen molar-refractivity contribution in [3.05, 3.63) is 94.3 Å². The summed E-state index contributed by atoms with van der Waals surface area (Å²) >= 11 is 6.26. The Hall–Kier alpha value is -3.38. The fourth-order valence-electron chi connectivity index (χ4n) is 3.75. The number of hydrogen-bond donors (Lipinski definition) is 1. The van der Waals surface area contributed by atoms with E-state index in [1.165, 1.54) is 17.0 Å². The minimum atomic E-state index is -0.657. The van der Waals surface area contributed by atoms with Gasteiger partial charge in [0.2, 0.25) is 5.91 Å². The van der Waals surface area contributed by atoms with E-state index in [9.17, 15) is 14.0 Å². The van der Waals surface area contributed by atoms with E-state index in [4.69, 9.17) is 16.3 Å². The lowest BCUT2D eigenvalue weighted by Gasteiger charge is -2.31. The summed E-state index contributed by atoms with van der Waals surface area (Å²) in [6.45, 7) is 2.04. The number of amides is 2. The predicted octanol–water partition coefficient (Wildman–Crippen LogP) is 5.06. The first kappa shape index (κ1) is 20.9. The number of para-hydroxylation sites is 1. The van der Waals surface area contributed by atoms with Crippen LogP contribution in [0.1, 0.15) is 34.5 Å². The molecule has 0 radical (unpaired) electrons. The molecule has 1 N–H and O–H groups in total. The molecule has 0 saturated heterocycles. The number of rotatable bonds is 4. The van der Waals surface area contributed by atoms with Gasteiger partial charge in [0.25, 0.3) is 5.91 Å². The van der Waals surface area contributed by atoms with Crippen molar-refractivity contribution >= 4 is 29.1 Å². The standard InChI is InChI=1S/C24H20ClFN2O3/c1-2-31-21-6-4-3-5-18(21)24(30)28-14-22(29)27-20-12-9-16(25)13-19(20)23(28)15-7-10-17(26)11-8-15/h3-13,23H,2,14H2,1H3,(H,27,29)/t23-/m0/s1. The van der Waals surface area contributed by atoms with E-state index >= 15 is 0 Å². The Kier molecular flexibility index (Phi) is 5.91. The number of carbonyl (C=O) groups is 2. The van der Waals surface area contributed by atoms with Crippen molar-refractivity contribution in [2.24, 2.45) is 0 Å². The third kappa shape index (κ3) is 4.25. The highest BCUT2D eigenvalue weighted by Crippen LogP contribution is 2.38. The van der Waals surface area contributed by atoms with Crippen LogP contribution >= 0.6 is 11.6 Å². The molecule has 1 aliphatic heterocycles. The molecule has 0 spiro atoms. The highest BCUT2D eigenvalue weighted by atomic mass is 35.5. The molecule has 0 aliphatic carbocycles. The van der Waals surface area contributed by atoms with Crippen molar-refractivity contribution in [2.45, 2.75) is 13.0 Å². The van der Waals surface area contributed by atoms with Crippen molar-refractivity contribution in [1.29, 1.82) is 0 Å². The molecule has 1 heterocycles. The second kappa shape index (κ2) is 8.78. The third-order valence-corrected chi connectivity index (χ3v) is 5.31. The summed E-state index contributed by atoms with van der Waals surface area (Å²) in [4.78, 5) is 27.8. The zero-order chi connectivity index (χ0) is 22.0. The van der Waals surface area contributed by atoms with Gasteiger partial charge in [0.05, 0.1) is 18.2 Å². The zero-order valence-corrected chi connectivity index (χ0v) is 17.5. The van der Waals surface area contributed by atoms with Crippen LogP contribution in [-0.4, -0.2) is 29.9 Å². The molecule has 7 heteroatoms. The number of nitrogens with zero attached hydrogens (tertiary/aromatic N) is 1. The summed E-state index contributed by atoms with van der Waals surface area (Å²) in [5, 5.41) is 3.30. The second-order valence-corrected chi connectivity index (χ2v) is 7.53. The fourth-order valence-corrected chi connectivity index (χ4v) is 3.93. The summed E-state index contributed by atoms with van der Waals surface area (Å²) < 4.78 is 19.3. The van der Waals surface area contributed by atoms with Gasteiger partial charge < -0.3 is 15.0 Å². The SMILES string of the molecule is CCOc1ccccc1C(=O)N1CC(=O)Nc2ccc(Cl)cc2[C@@H]1c1ccc(F)cc1. The number of benzene rings is 3. The van der Waals surface area contributed by atoms with Gasteiger partial charge >= 0.3 is 0 Å². The van der Waals surface area contributed by atoms with Crippen LogP contribution in [0.5, 0.6) is 5.75 Å². The Balaban J connectivity index is 1.89. The van der Waals surface area contributed by atoms with Gasteiger partial charge in [0.15, 0.2) is 0 Å². The lowest BCUT2D eigenvalue weighted by atomic mass is 9.95. The van der Waals surface area contributed by atoms with Gasteiger partial charge in [0, 0.05) is 16.3 Å². The minimum absolute atomic E-state index is 0.187. The maximum Gasteiger partial charge on any atom is 0.258 e. The van der Waals surface area contributed by atoms with Crippen molar-refractivity contribution in [3.8, 4) is 5.75 Å². The van der Waals surface area contributed by atoms with Crippen LogP contribution in [0.2, 0.25) is 5.02 Å². The summed E-state index contributed by atoms with van der Waals surface area (Å²) in [7, 11) is 0. The Labute approximate surface area is 184 Å². The first-order valence-electron chi connectivity index (χ1n) is 9.85. The molecule has 0 fully saturated rings. The van der Waals surface area contributed by atoms with Gasteiger partial charge in [-0.3, -0.25) is 9.59 Å².